The number of nitrogens with zero attached hydrogens (tertiary/aromatic N) is 2. The number of aromatic nitrogens is 1. The number of benzene rings is 1. The second-order valence-electron chi connectivity index (χ2n) is 5.35. The third kappa shape index (κ3) is 2.43. The molecular weight excluding hydrogens is 236 g/mol. The van der Waals surface area contributed by atoms with Crippen LogP contribution in [0, 0.1) is 0 Å². The molecule has 1 saturated heterocycles. The Kier molecular flexibility index (Phi) is 3.38. The summed E-state index contributed by atoms with van der Waals surface area (Å²) in [7, 11) is 3.87. The van der Waals surface area contributed by atoms with E-state index in [1.54, 1.807) is 7.11 Å². The number of pyridine rings is 1. The number of methoxy groups -OCH3 is 1. The number of fused-ring (bicyclic) bond motifs is 1. The minimum absolute atomic E-state index is 0.625. The predicted octanol–water partition coefficient (Wildman–Crippen LogP) is 3.05. The zero-order chi connectivity index (χ0) is 13.2. The van der Waals surface area contributed by atoms with Crippen LogP contribution in [0.15, 0.2) is 30.3 Å². The molecule has 0 atom stereocenters. The molecule has 3 rings (SSSR count). The summed E-state index contributed by atoms with van der Waals surface area (Å²) in [6, 6.07) is 10.5. The maximum Gasteiger partial charge on any atom is 0.213 e. The number of likely N-dealkylation sites (tertiary alicyclic amines) is 1. The Morgan fingerprint density at radius 1 is 1.16 bits per heavy atom. The minimum atomic E-state index is 0.625. The summed E-state index contributed by atoms with van der Waals surface area (Å²) in [6.07, 6.45) is 2.43. The number of ether oxygens (including phenoxy) is 1. The van der Waals surface area contributed by atoms with Crippen molar-refractivity contribution in [3.05, 3.63) is 35.9 Å². The summed E-state index contributed by atoms with van der Waals surface area (Å²) >= 11 is 0. The van der Waals surface area contributed by atoms with Crippen LogP contribution in [0.5, 0.6) is 5.88 Å². The lowest BCUT2D eigenvalue weighted by Crippen LogP contribution is -2.29. The molecule has 1 aromatic carbocycles. The highest BCUT2D eigenvalue weighted by Gasteiger charge is 2.20. The molecule has 0 radical (unpaired) electrons. The van der Waals surface area contributed by atoms with Crippen molar-refractivity contribution in [2.45, 2.75) is 18.8 Å². The molecule has 100 valence electrons. The molecule has 0 bridgehead atoms. The van der Waals surface area contributed by atoms with Gasteiger partial charge in [-0.2, -0.15) is 0 Å². The van der Waals surface area contributed by atoms with Gasteiger partial charge in [-0.15, -0.1) is 0 Å². The Balaban J connectivity index is 2.02. The van der Waals surface area contributed by atoms with E-state index in [9.17, 15) is 0 Å². The Morgan fingerprint density at radius 3 is 2.68 bits per heavy atom. The van der Waals surface area contributed by atoms with Gasteiger partial charge in [0.15, 0.2) is 0 Å². The number of rotatable bonds is 2. The van der Waals surface area contributed by atoms with Crippen molar-refractivity contribution in [3.8, 4) is 5.88 Å². The number of piperidine rings is 1. The Labute approximate surface area is 114 Å². The van der Waals surface area contributed by atoms with Crippen LogP contribution in [0.3, 0.4) is 0 Å². The molecule has 0 unspecified atom stereocenters. The maximum atomic E-state index is 5.26. The summed E-state index contributed by atoms with van der Waals surface area (Å²) in [5.41, 5.74) is 2.49. The van der Waals surface area contributed by atoms with E-state index in [-0.39, 0.29) is 0 Å². The van der Waals surface area contributed by atoms with Gasteiger partial charge in [0.05, 0.1) is 12.6 Å². The monoisotopic (exact) mass is 256 g/mol. The maximum absolute atomic E-state index is 5.26. The molecule has 0 saturated carbocycles. The van der Waals surface area contributed by atoms with Gasteiger partial charge in [0.2, 0.25) is 5.88 Å². The molecule has 1 aromatic heterocycles. The molecule has 0 amide bonds. The van der Waals surface area contributed by atoms with Crippen molar-refractivity contribution in [2.75, 3.05) is 27.2 Å². The molecule has 1 aliphatic rings. The van der Waals surface area contributed by atoms with E-state index in [1.165, 1.54) is 36.9 Å². The van der Waals surface area contributed by atoms with Gasteiger partial charge in [-0.05, 0) is 50.5 Å². The molecule has 0 aliphatic carbocycles. The summed E-state index contributed by atoms with van der Waals surface area (Å²) in [4.78, 5) is 7.05. The second-order valence-corrected chi connectivity index (χ2v) is 5.35. The average Bonchev–Trinajstić information content (AvgIpc) is 2.47. The lowest BCUT2D eigenvalue weighted by molar-refractivity contribution is 0.256. The molecule has 2 aromatic rings. The van der Waals surface area contributed by atoms with Gasteiger partial charge in [0, 0.05) is 11.5 Å². The third-order valence-corrected chi connectivity index (χ3v) is 4.09. The summed E-state index contributed by atoms with van der Waals surface area (Å²) in [5, 5.41) is 1.21. The van der Waals surface area contributed by atoms with Crippen molar-refractivity contribution >= 4 is 10.9 Å². The Hall–Kier alpha value is -1.61. The highest BCUT2D eigenvalue weighted by atomic mass is 16.5. The second kappa shape index (κ2) is 5.17. The molecule has 0 spiro atoms. The summed E-state index contributed by atoms with van der Waals surface area (Å²) < 4.78 is 5.26. The lowest BCUT2D eigenvalue weighted by atomic mass is 9.88. The molecule has 3 nitrogen and oxygen atoms in total. The molecule has 1 fully saturated rings. The standard InChI is InChI=1S/C16H20N2O/c1-18-10-8-12(9-11-18)14-5-3-4-13-6-7-15(19-2)17-16(13)14/h3-7,12H,8-11H2,1-2H3. The van der Waals surface area contributed by atoms with Crippen molar-refractivity contribution < 1.29 is 4.74 Å². The summed E-state index contributed by atoms with van der Waals surface area (Å²) in [6.45, 7) is 2.34. The quantitative estimate of drug-likeness (QED) is 0.825. The van der Waals surface area contributed by atoms with E-state index in [0.717, 1.165) is 5.52 Å². The van der Waals surface area contributed by atoms with Crippen LogP contribution in [0.4, 0.5) is 0 Å². The predicted molar refractivity (Wildman–Crippen MR) is 77.8 cm³/mol. The van der Waals surface area contributed by atoms with E-state index in [4.69, 9.17) is 4.74 Å². The van der Waals surface area contributed by atoms with Gasteiger partial charge >= 0.3 is 0 Å². The molecule has 0 N–H and O–H groups in total. The Morgan fingerprint density at radius 2 is 1.95 bits per heavy atom. The topological polar surface area (TPSA) is 25.4 Å². The van der Waals surface area contributed by atoms with E-state index in [1.807, 2.05) is 6.07 Å². The van der Waals surface area contributed by atoms with Crippen molar-refractivity contribution in [3.63, 3.8) is 0 Å². The fourth-order valence-corrected chi connectivity index (χ4v) is 2.91. The van der Waals surface area contributed by atoms with E-state index in [0.29, 0.717) is 11.8 Å². The smallest absolute Gasteiger partial charge is 0.213 e. The third-order valence-electron chi connectivity index (χ3n) is 4.09. The zero-order valence-corrected chi connectivity index (χ0v) is 11.6. The van der Waals surface area contributed by atoms with Gasteiger partial charge in [0.25, 0.3) is 0 Å². The van der Waals surface area contributed by atoms with Crippen LogP contribution in [-0.2, 0) is 0 Å². The normalized spacial score (nSPS) is 17.8. The zero-order valence-electron chi connectivity index (χ0n) is 11.6. The average molecular weight is 256 g/mol. The first-order valence-electron chi connectivity index (χ1n) is 6.90. The van der Waals surface area contributed by atoms with Gasteiger partial charge in [0.1, 0.15) is 0 Å². The summed E-state index contributed by atoms with van der Waals surface area (Å²) in [5.74, 6) is 1.33. The van der Waals surface area contributed by atoms with Gasteiger partial charge in [-0.25, -0.2) is 4.98 Å². The van der Waals surface area contributed by atoms with Crippen LogP contribution >= 0.6 is 0 Å². The molecule has 3 heteroatoms. The van der Waals surface area contributed by atoms with E-state index < -0.39 is 0 Å². The lowest BCUT2D eigenvalue weighted by Gasteiger charge is -2.29. The van der Waals surface area contributed by atoms with E-state index in [2.05, 4.69) is 41.2 Å². The highest BCUT2D eigenvalue weighted by Crippen LogP contribution is 2.32. The first-order chi connectivity index (χ1) is 9.28. The number of hydrogen-bond acceptors (Lipinski definition) is 3. The number of hydrogen-bond donors (Lipinski definition) is 0. The molecular formula is C16H20N2O. The minimum Gasteiger partial charge on any atom is -0.481 e. The highest BCUT2D eigenvalue weighted by molar-refractivity contribution is 5.82. The fourth-order valence-electron chi connectivity index (χ4n) is 2.91. The molecule has 19 heavy (non-hydrogen) atoms. The molecule has 1 aliphatic heterocycles. The number of para-hydroxylation sites is 1. The first-order valence-corrected chi connectivity index (χ1v) is 6.90. The van der Waals surface area contributed by atoms with Gasteiger partial charge < -0.3 is 9.64 Å². The van der Waals surface area contributed by atoms with Crippen molar-refractivity contribution in [1.29, 1.82) is 0 Å². The SMILES string of the molecule is COc1ccc2cccc(C3CCN(C)CC3)c2n1. The Bertz CT molecular complexity index is 574. The molecule has 2 heterocycles. The van der Waals surface area contributed by atoms with Crippen LogP contribution in [0.1, 0.15) is 24.3 Å². The van der Waals surface area contributed by atoms with Crippen LogP contribution < -0.4 is 4.74 Å². The van der Waals surface area contributed by atoms with Gasteiger partial charge in [-0.1, -0.05) is 18.2 Å². The van der Waals surface area contributed by atoms with Crippen molar-refractivity contribution in [1.82, 2.24) is 9.88 Å². The fraction of sp³-hybridized carbons (Fsp3) is 0.438. The first kappa shape index (κ1) is 12.4. The largest absolute Gasteiger partial charge is 0.481 e. The van der Waals surface area contributed by atoms with Crippen LogP contribution in [0.25, 0.3) is 10.9 Å². The van der Waals surface area contributed by atoms with Crippen molar-refractivity contribution in [2.24, 2.45) is 0 Å². The van der Waals surface area contributed by atoms with E-state index >= 15 is 0 Å². The van der Waals surface area contributed by atoms with Gasteiger partial charge in [-0.3, -0.25) is 0 Å². The van der Waals surface area contributed by atoms with Crippen LogP contribution in [-0.4, -0.2) is 37.1 Å². The van der Waals surface area contributed by atoms with Crippen LogP contribution in [0.2, 0.25) is 0 Å².